The second kappa shape index (κ2) is 5.63. The van der Waals surface area contributed by atoms with Crippen molar-refractivity contribution in [3.05, 3.63) is 34.1 Å². The Labute approximate surface area is 109 Å². The maximum Gasteiger partial charge on any atom is 0.254 e. The van der Waals surface area contributed by atoms with Crippen LogP contribution in [-0.4, -0.2) is 12.5 Å². The van der Waals surface area contributed by atoms with Crippen molar-refractivity contribution >= 4 is 21.8 Å². The van der Waals surface area contributed by atoms with E-state index in [1.165, 1.54) is 37.8 Å². The van der Waals surface area contributed by atoms with Crippen LogP contribution in [0, 0.1) is 11.7 Å². The molecule has 0 aromatic heterocycles. The molecule has 1 aromatic rings. The Balaban J connectivity index is 1.94. The number of carbonyl (C=O) groups is 1. The van der Waals surface area contributed by atoms with E-state index in [9.17, 15) is 9.18 Å². The van der Waals surface area contributed by atoms with Crippen molar-refractivity contribution in [3.63, 3.8) is 0 Å². The molecule has 4 heteroatoms. The van der Waals surface area contributed by atoms with Gasteiger partial charge in [0.2, 0.25) is 0 Å². The molecule has 0 heterocycles. The van der Waals surface area contributed by atoms with Crippen molar-refractivity contribution in [1.29, 1.82) is 0 Å². The largest absolute Gasteiger partial charge is 0.352 e. The summed E-state index contributed by atoms with van der Waals surface area (Å²) in [5, 5.41) is 2.81. The Morgan fingerprint density at radius 1 is 1.41 bits per heavy atom. The minimum absolute atomic E-state index is 0.117. The molecule has 1 aliphatic rings. The molecule has 2 nitrogen and oxygen atoms in total. The van der Waals surface area contributed by atoms with Gasteiger partial charge < -0.3 is 5.32 Å². The topological polar surface area (TPSA) is 29.1 Å². The maximum absolute atomic E-state index is 13.5. The molecule has 0 bridgehead atoms. The summed E-state index contributed by atoms with van der Waals surface area (Å²) in [6, 6.07) is 4.49. The highest BCUT2D eigenvalue weighted by Gasteiger charge is 2.17. The standard InChI is InChI=1S/C13H15BrFNO/c14-10-5-6-11(12(15)7-10)13(17)16-8-9-3-1-2-4-9/h5-7,9H,1-4,8H2,(H,16,17). The fourth-order valence-electron chi connectivity index (χ4n) is 2.22. The zero-order chi connectivity index (χ0) is 12.3. The monoisotopic (exact) mass is 299 g/mol. The van der Waals surface area contributed by atoms with E-state index >= 15 is 0 Å². The molecular formula is C13H15BrFNO. The third kappa shape index (κ3) is 3.28. The van der Waals surface area contributed by atoms with Crippen LogP contribution in [0.1, 0.15) is 36.0 Å². The molecule has 0 radical (unpaired) electrons. The van der Waals surface area contributed by atoms with Crippen LogP contribution < -0.4 is 5.32 Å². The molecule has 1 fully saturated rings. The molecule has 1 aliphatic carbocycles. The van der Waals surface area contributed by atoms with Gasteiger partial charge >= 0.3 is 0 Å². The lowest BCUT2D eigenvalue weighted by Gasteiger charge is -2.11. The Hall–Kier alpha value is -0.900. The quantitative estimate of drug-likeness (QED) is 0.909. The summed E-state index contributed by atoms with van der Waals surface area (Å²) in [4.78, 5) is 11.8. The van der Waals surface area contributed by atoms with E-state index in [2.05, 4.69) is 21.2 Å². The number of hydrogen-bond acceptors (Lipinski definition) is 1. The van der Waals surface area contributed by atoms with E-state index in [1.807, 2.05) is 0 Å². The first kappa shape index (κ1) is 12.6. The molecule has 17 heavy (non-hydrogen) atoms. The van der Waals surface area contributed by atoms with Crippen molar-refractivity contribution in [3.8, 4) is 0 Å². The molecule has 0 saturated heterocycles. The maximum atomic E-state index is 13.5. The summed E-state index contributed by atoms with van der Waals surface area (Å²) < 4.78 is 14.2. The van der Waals surface area contributed by atoms with E-state index in [0.717, 1.165) is 0 Å². The van der Waals surface area contributed by atoms with Crippen LogP contribution in [0.15, 0.2) is 22.7 Å². The normalized spacial score (nSPS) is 16.1. The van der Waals surface area contributed by atoms with E-state index in [0.29, 0.717) is 16.9 Å². The van der Waals surface area contributed by atoms with Crippen LogP contribution in [0.4, 0.5) is 4.39 Å². The summed E-state index contributed by atoms with van der Waals surface area (Å²) in [5.41, 5.74) is 0.117. The van der Waals surface area contributed by atoms with Gasteiger partial charge in [0.15, 0.2) is 0 Å². The SMILES string of the molecule is O=C(NCC1CCCC1)c1ccc(Br)cc1F. The summed E-state index contributed by atoms with van der Waals surface area (Å²) in [6.07, 6.45) is 4.83. The number of benzene rings is 1. The first-order valence-corrected chi connectivity index (χ1v) is 6.69. The van der Waals surface area contributed by atoms with Crippen molar-refractivity contribution in [2.75, 3.05) is 6.54 Å². The molecule has 92 valence electrons. The van der Waals surface area contributed by atoms with E-state index in [-0.39, 0.29) is 11.5 Å². The molecule has 0 unspecified atom stereocenters. The minimum Gasteiger partial charge on any atom is -0.352 e. The van der Waals surface area contributed by atoms with Crippen molar-refractivity contribution in [1.82, 2.24) is 5.32 Å². The summed E-state index contributed by atoms with van der Waals surface area (Å²) in [7, 11) is 0. The summed E-state index contributed by atoms with van der Waals surface area (Å²) >= 11 is 3.17. The lowest BCUT2D eigenvalue weighted by atomic mass is 10.1. The number of amides is 1. The van der Waals surface area contributed by atoms with Crippen LogP contribution in [0.5, 0.6) is 0 Å². The average molecular weight is 300 g/mol. The van der Waals surface area contributed by atoms with Gasteiger partial charge in [-0.25, -0.2) is 4.39 Å². The zero-order valence-corrected chi connectivity index (χ0v) is 11.1. The molecule has 0 atom stereocenters. The van der Waals surface area contributed by atoms with Crippen molar-refractivity contribution < 1.29 is 9.18 Å². The summed E-state index contributed by atoms with van der Waals surface area (Å²) in [5.74, 6) is -0.234. The van der Waals surface area contributed by atoms with Gasteiger partial charge in [0.1, 0.15) is 5.82 Å². The van der Waals surface area contributed by atoms with E-state index in [4.69, 9.17) is 0 Å². The van der Waals surface area contributed by atoms with Crippen LogP contribution in [0.25, 0.3) is 0 Å². The number of carbonyl (C=O) groups excluding carboxylic acids is 1. The molecule has 0 spiro atoms. The Morgan fingerprint density at radius 3 is 2.76 bits per heavy atom. The Morgan fingerprint density at radius 2 is 2.12 bits per heavy atom. The van der Waals surface area contributed by atoms with Crippen LogP contribution >= 0.6 is 15.9 Å². The fraction of sp³-hybridized carbons (Fsp3) is 0.462. The van der Waals surface area contributed by atoms with Crippen LogP contribution in [0.3, 0.4) is 0 Å². The van der Waals surface area contributed by atoms with Crippen LogP contribution in [-0.2, 0) is 0 Å². The van der Waals surface area contributed by atoms with Gasteiger partial charge in [-0.1, -0.05) is 28.8 Å². The van der Waals surface area contributed by atoms with Gasteiger partial charge in [-0.3, -0.25) is 4.79 Å². The predicted molar refractivity (Wildman–Crippen MR) is 68.4 cm³/mol. The number of halogens is 2. The molecule has 1 amide bonds. The highest BCUT2D eigenvalue weighted by atomic mass is 79.9. The van der Waals surface area contributed by atoms with Gasteiger partial charge in [-0.05, 0) is 37.0 Å². The van der Waals surface area contributed by atoms with Crippen molar-refractivity contribution in [2.24, 2.45) is 5.92 Å². The number of hydrogen-bond donors (Lipinski definition) is 1. The van der Waals surface area contributed by atoms with Crippen molar-refractivity contribution in [2.45, 2.75) is 25.7 Å². The molecule has 1 aromatic carbocycles. The molecule has 1 saturated carbocycles. The van der Waals surface area contributed by atoms with Gasteiger partial charge in [0.05, 0.1) is 5.56 Å². The average Bonchev–Trinajstić information content (AvgIpc) is 2.78. The predicted octanol–water partition coefficient (Wildman–Crippen LogP) is 3.51. The highest BCUT2D eigenvalue weighted by molar-refractivity contribution is 9.10. The second-order valence-electron chi connectivity index (χ2n) is 4.48. The molecule has 0 aliphatic heterocycles. The van der Waals surface area contributed by atoms with Gasteiger partial charge in [0.25, 0.3) is 5.91 Å². The molecule has 1 N–H and O–H groups in total. The lowest BCUT2D eigenvalue weighted by molar-refractivity contribution is 0.0943. The highest BCUT2D eigenvalue weighted by Crippen LogP contribution is 2.24. The Kier molecular flexibility index (Phi) is 4.15. The fourth-order valence-corrected chi connectivity index (χ4v) is 2.55. The van der Waals surface area contributed by atoms with Gasteiger partial charge in [0, 0.05) is 11.0 Å². The minimum atomic E-state index is -0.483. The zero-order valence-electron chi connectivity index (χ0n) is 9.51. The number of rotatable bonds is 3. The van der Waals surface area contributed by atoms with Gasteiger partial charge in [-0.15, -0.1) is 0 Å². The van der Waals surface area contributed by atoms with Gasteiger partial charge in [-0.2, -0.15) is 0 Å². The first-order chi connectivity index (χ1) is 8.16. The summed E-state index contributed by atoms with van der Waals surface area (Å²) in [6.45, 7) is 0.661. The third-order valence-corrected chi connectivity index (χ3v) is 3.70. The third-order valence-electron chi connectivity index (χ3n) is 3.20. The number of nitrogens with one attached hydrogen (secondary N) is 1. The van der Waals surface area contributed by atoms with E-state index < -0.39 is 5.82 Å². The smallest absolute Gasteiger partial charge is 0.254 e. The van der Waals surface area contributed by atoms with E-state index in [1.54, 1.807) is 6.07 Å². The van der Waals surface area contributed by atoms with Crippen LogP contribution in [0.2, 0.25) is 0 Å². The second-order valence-corrected chi connectivity index (χ2v) is 5.40. The Bertz CT molecular complexity index is 416. The molecular weight excluding hydrogens is 285 g/mol. The lowest BCUT2D eigenvalue weighted by Crippen LogP contribution is -2.29. The molecule has 2 rings (SSSR count). The first-order valence-electron chi connectivity index (χ1n) is 5.90.